The van der Waals surface area contributed by atoms with E-state index in [1.807, 2.05) is 35.6 Å². The van der Waals surface area contributed by atoms with Crippen LogP contribution < -0.4 is 20.3 Å². The highest BCUT2D eigenvalue weighted by atomic mass is 32.1. The molecule has 2 N–H and O–H groups in total. The second-order valence-electron chi connectivity index (χ2n) is 6.98. The number of anilines is 1. The molecule has 29 heavy (non-hydrogen) atoms. The van der Waals surface area contributed by atoms with Crippen molar-refractivity contribution in [3.05, 3.63) is 47.3 Å². The molecule has 0 spiro atoms. The van der Waals surface area contributed by atoms with E-state index in [4.69, 9.17) is 9.47 Å². The number of nitrogens with one attached hydrogen (secondary N) is 2. The second-order valence-corrected chi connectivity index (χ2v) is 7.91. The molecule has 1 fully saturated rings. The number of aliphatic imine (C=N–C) groups is 1. The summed E-state index contributed by atoms with van der Waals surface area (Å²) in [6.45, 7) is 6.84. The summed E-state index contributed by atoms with van der Waals surface area (Å²) in [5.74, 6) is 1.74. The minimum Gasteiger partial charge on any atom is -0.496 e. The Morgan fingerprint density at radius 3 is 2.76 bits per heavy atom. The van der Waals surface area contributed by atoms with Crippen LogP contribution in [0.4, 0.5) is 5.00 Å². The smallest absolute Gasteiger partial charge is 0.191 e. The fraction of sp³-hybridized carbons (Fsp3) is 0.500. The highest BCUT2D eigenvalue weighted by Gasteiger charge is 2.20. The van der Waals surface area contributed by atoms with E-state index in [-0.39, 0.29) is 0 Å². The van der Waals surface area contributed by atoms with Crippen molar-refractivity contribution in [3.63, 3.8) is 0 Å². The second kappa shape index (κ2) is 11.7. The fourth-order valence-corrected chi connectivity index (χ4v) is 4.22. The number of nitrogens with zero attached hydrogens (tertiary/aromatic N) is 2. The quantitative estimate of drug-likeness (QED) is 0.372. The number of piperidine rings is 1. The summed E-state index contributed by atoms with van der Waals surface area (Å²) in [6, 6.07) is 12.7. The first-order valence-corrected chi connectivity index (χ1v) is 11.2. The van der Waals surface area contributed by atoms with Crippen molar-refractivity contribution in [2.45, 2.75) is 32.4 Å². The molecule has 0 saturated carbocycles. The molecule has 1 aromatic carbocycles. The van der Waals surface area contributed by atoms with Gasteiger partial charge in [0.15, 0.2) is 5.96 Å². The number of ether oxygens (including phenoxy) is 2. The molecule has 0 bridgehead atoms. The SMILES string of the molecule is CCNC(=NCCOCc1ccccc1OC)NC1CCN(c2cccs2)CC1. The van der Waals surface area contributed by atoms with E-state index >= 15 is 0 Å². The van der Waals surface area contributed by atoms with E-state index < -0.39 is 0 Å². The molecule has 6 nitrogen and oxygen atoms in total. The highest BCUT2D eigenvalue weighted by molar-refractivity contribution is 7.14. The molecule has 0 atom stereocenters. The van der Waals surface area contributed by atoms with Crippen LogP contribution >= 0.6 is 11.3 Å². The third-order valence-corrected chi connectivity index (χ3v) is 5.88. The maximum Gasteiger partial charge on any atom is 0.191 e. The van der Waals surface area contributed by atoms with Crippen LogP contribution in [0, 0.1) is 0 Å². The molecule has 1 saturated heterocycles. The largest absolute Gasteiger partial charge is 0.496 e. The lowest BCUT2D eigenvalue weighted by Gasteiger charge is -2.33. The van der Waals surface area contributed by atoms with Crippen LogP contribution in [-0.4, -0.2) is 51.9 Å². The summed E-state index contributed by atoms with van der Waals surface area (Å²) in [4.78, 5) is 7.15. The van der Waals surface area contributed by atoms with Gasteiger partial charge in [-0.15, -0.1) is 11.3 Å². The first kappa shape index (κ1) is 21.5. The van der Waals surface area contributed by atoms with Crippen molar-refractivity contribution >= 4 is 22.3 Å². The van der Waals surface area contributed by atoms with Crippen LogP contribution in [-0.2, 0) is 11.3 Å². The van der Waals surface area contributed by atoms with Crippen molar-refractivity contribution in [2.24, 2.45) is 4.99 Å². The van der Waals surface area contributed by atoms with E-state index in [0.717, 1.165) is 49.7 Å². The molecule has 7 heteroatoms. The third-order valence-electron chi connectivity index (χ3n) is 4.95. The Morgan fingerprint density at radius 1 is 1.21 bits per heavy atom. The molecular formula is C22H32N4O2S. The molecule has 1 aromatic heterocycles. The van der Waals surface area contributed by atoms with Crippen LogP contribution in [0.1, 0.15) is 25.3 Å². The molecule has 3 rings (SSSR count). The van der Waals surface area contributed by atoms with Gasteiger partial charge in [-0.1, -0.05) is 18.2 Å². The van der Waals surface area contributed by atoms with Crippen molar-refractivity contribution in [1.82, 2.24) is 10.6 Å². The average molecular weight is 417 g/mol. The van der Waals surface area contributed by atoms with E-state index in [2.05, 4.69) is 45.0 Å². The van der Waals surface area contributed by atoms with Gasteiger partial charge in [0.1, 0.15) is 5.75 Å². The molecule has 0 amide bonds. The topological polar surface area (TPSA) is 58.1 Å². The first-order valence-electron chi connectivity index (χ1n) is 10.3. The Balaban J connectivity index is 1.40. The number of guanidine groups is 1. The zero-order valence-electron chi connectivity index (χ0n) is 17.4. The predicted molar refractivity (Wildman–Crippen MR) is 121 cm³/mol. The summed E-state index contributed by atoms with van der Waals surface area (Å²) < 4.78 is 11.1. The monoisotopic (exact) mass is 416 g/mol. The predicted octanol–water partition coefficient (Wildman–Crippen LogP) is 3.50. The molecule has 158 valence electrons. The third kappa shape index (κ3) is 6.65. The van der Waals surface area contributed by atoms with Gasteiger partial charge in [0.25, 0.3) is 0 Å². The average Bonchev–Trinajstić information content (AvgIpc) is 3.29. The number of thiophene rings is 1. The zero-order valence-corrected chi connectivity index (χ0v) is 18.2. The molecule has 2 heterocycles. The van der Waals surface area contributed by atoms with E-state index in [1.54, 1.807) is 7.11 Å². The number of hydrogen-bond donors (Lipinski definition) is 2. The molecule has 1 aliphatic heterocycles. The number of benzene rings is 1. The van der Waals surface area contributed by atoms with Crippen LogP contribution in [0.2, 0.25) is 0 Å². The fourth-order valence-electron chi connectivity index (χ4n) is 3.43. The minimum atomic E-state index is 0.457. The number of para-hydroxylation sites is 1. The molecule has 1 aliphatic rings. The highest BCUT2D eigenvalue weighted by Crippen LogP contribution is 2.24. The summed E-state index contributed by atoms with van der Waals surface area (Å²) in [5, 5.41) is 10.5. The molecule has 2 aromatic rings. The van der Waals surface area contributed by atoms with Gasteiger partial charge in [0, 0.05) is 31.2 Å². The summed E-state index contributed by atoms with van der Waals surface area (Å²) >= 11 is 1.82. The first-order chi connectivity index (χ1) is 14.3. The van der Waals surface area contributed by atoms with Crippen molar-refractivity contribution in [3.8, 4) is 5.75 Å². The standard InChI is InChI=1S/C22H32N4O2S/c1-3-23-22(24-12-15-28-17-18-7-4-5-8-20(18)27-2)25-19-10-13-26(14-11-19)21-9-6-16-29-21/h4-9,16,19H,3,10-15,17H2,1-2H3,(H2,23,24,25). The van der Waals surface area contributed by atoms with E-state index in [0.29, 0.717) is 25.8 Å². The summed E-state index contributed by atoms with van der Waals surface area (Å²) in [5.41, 5.74) is 1.06. The van der Waals surface area contributed by atoms with Crippen LogP contribution in [0.15, 0.2) is 46.8 Å². The Morgan fingerprint density at radius 2 is 2.03 bits per heavy atom. The van der Waals surface area contributed by atoms with Gasteiger partial charge in [0.2, 0.25) is 0 Å². The van der Waals surface area contributed by atoms with E-state index in [9.17, 15) is 0 Å². The van der Waals surface area contributed by atoms with Gasteiger partial charge < -0.3 is 25.0 Å². The summed E-state index contributed by atoms with van der Waals surface area (Å²) in [7, 11) is 1.68. The minimum absolute atomic E-state index is 0.457. The maximum atomic E-state index is 5.79. The Labute approximate surface area is 177 Å². The molecule has 0 unspecified atom stereocenters. The van der Waals surface area contributed by atoms with Crippen LogP contribution in [0.5, 0.6) is 5.75 Å². The zero-order chi connectivity index (χ0) is 20.3. The van der Waals surface area contributed by atoms with Crippen molar-refractivity contribution in [2.75, 3.05) is 44.8 Å². The number of methoxy groups -OCH3 is 1. The van der Waals surface area contributed by atoms with Gasteiger partial charge in [0.05, 0.1) is 31.9 Å². The Kier molecular flexibility index (Phi) is 8.64. The summed E-state index contributed by atoms with van der Waals surface area (Å²) in [6.07, 6.45) is 2.24. The lowest BCUT2D eigenvalue weighted by atomic mass is 10.1. The van der Waals surface area contributed by atoms with Gasteiger partial charge in [-0.3, -0.25) is 4.99 Å². The normalized spacial score (nSPS) is 15.4. The van der Waals surface area contributed by atoms with Gasteiger partial charge in [-0.05, 0) is 43.3 Å². The van der Waals surface area contributed by atoms with Gasteiger partial charge >= 0.3 is 0 Å². The molecular weight excluding hydrogens is 384 g/mol. The lowest BCUT2D eigenvalue weighted by Crippen LogP contribution is -2.48. The lowest BCUT2D eigenvalue weighted by molar-refractivity contribution is 0.126. The molecule has 0 aliphatic carbocycles. The Bertz CT molecular complexity index is 743. The van der Waals surface area contributed by atoms with Crippen LogP contribution in [0.25, 0.3) is 0 Å². The Hall–Kier alpha value is -2.25. The van der Waals surface area contributed by atoms with Crippen molar-refractivity contribution < 1.29 is 9.47 Å². The van der Waals surface area contributed by atoms with E-state index in [1.165, 1.54) is 5.00 Å². The van der Waals surface area contributed by atoms with Crippen molar-refractivity contribution in [1.29, 1.82) is 0 Å². The number of rotatable bonds is 9. The maximum absolute atomic E-state index is 5.79. The van der Waals surface area contributed by atoms with Gasteiger partial charge in [-0.25, -0.2) is 0 Å². The number of hydrogen-bond acceptors (Lipinski definition) is 5. The molecule has 0 radical (unpaired) electrons. The van der Waals surface area contributed by atoms with Crippen LogP contribution in [0.3, 0.4) is 0 Å². The van der Waals surface area contributed by atoms with Gasteiger partial charge in [-0.2, -0.15) is 0 Å².